The molecule has 4 aromatic rings. The van der Waals surface area contributed by atoms with Crippen LogP contribution in [0.5, 0.6) is 5.75 Å². The fourth-order valence-corrected chi connectivity index (χ4v) is 5.28. The van der Waals surface area contributed by atoms with Crippen molar-refractivity contribution in [1.29, 1.82) is 0 Å². The van der Waals surface area contributed by atoms with E-state index in [1.165, 1.54) is 10.9 Å². The Morgan fingerprint density at radius 1 is 1.27 bits per heavy atom. The van der Waals surface area contributed by atoms with Crippen molar-refractivity contribution in [3.8, 4) is 11.6 Å². The average molecular weight is 542 g/mol. The number of allylic oxidation sites excluding steroid dienone is 1. The Hall–Kier alpha value is -4.48. The highest BCUT2D eigenvalue weighted by Crippen LogP contribution is 2.43. The third kappa shape index (κ3) is 4.33. The van der Waals surface area contributed by atoms with E-state index in [0.29, 0.717) is 45.7 Å². The van der Waals surface area contributed by atoms with E-state index >= 15 is 0 Å². The summed E-state index contributed by atoms with van der Waals surface area (Å²) >= 11 is 0. The van der Waals surface area contributed by atoms with Gasteiger partial charge in [0.15, 0.2) is 17.2 Å². The van der Waals surface area contributed by atoms with E-state index < -0.39 is 5.60 Å². The maximum absolute atomic E-state index is 13.3. The number of nitrogens with one attached hydrogen (secondary N) is 1. The van der Waals surface area contributed by atoms with Gasteiger partial charge in [0.1, 0.15) is 16.7 Å². The fourth-order valence-electron chi connectivity index (χ4n) is 5.28. The molecular formula is C29H31N7O4. The molecule has 0 aliphatic carbocycles. The predicted molar refractivity (Wildman–Crippen MR) is 152 cm³/mol. The molecule has 1 fully saturated rings. The predicted octanol–water partition coefficient (Wildman–Crippen LogP) is 3.63. The third-order valence-electron chi connectivity index (χ3n) is 7.29. The van der Waals surface area contributed by atoms with Crippen LogP contribution < -0.4 is 20.5 Å². The zero-order valence-corrected chi connectivity index (χ0v) is 22.7. The van der Waals surface area contributed by atoms with E-state index in [2.05, 4.69) is 33.3 Å². The number of hydrogen-bond donors (Lipinski definition) is 2. The maximum Gasteiger partial charge on any atom is 0.278 e. The van der Waals surface area contributed by atoms with Crippen LogP contribution in [-0.2, 0) is 16.9 Å². The first-order valence-corrected chi connectivity index (χ1v) is 13.0. The Kier molecular flexibility index (Phi) is 6.20. The van der Waals surface area contributed by atoms with E-state index in [-0.39, 0.29) is 24.2 Å². The van der Waals surface area contributed by atoms with Crippen LogP contribution in [0.25, 0.3) is 16.9 Å². The highest BCUT2D eigenvalue weighted by Gasteiger charge is 2.39. The Labute approximate surface area is 231 Å². The van der Waals surface area contributed by atoms with Gasteiger partial charge >= 0.3 is 0 Å². The van der Waals surface area contributed by atoms with Crippen LogP contribution in [0, 0.1) is 0 Å². The first-order valence-electron chi connectivity index (χ1n) is 13.0. The van der Waals surface area contributed by atoms with E-state index in [1.54, 1.807) is 49.9 Å². The summed E-state index contributed by atoms with van der Waals surface area (Å²) < 4.78 is 14.8. The number of benzene rings is 1. The molecule has 6 rings (SSSR count). The number of ether oxygens (including phenoxy) is 2. The van der Waals surface area contributed by atoms with E-state index in [0.717, 1.165) is 18.7 Å². The van der Waals surface area contributed by atoms with E-state index in [9.17, 15) is 9.90 Å². The number of aromatic nitrogens is 5. The molecule has 206 valence electrons. The van der Waals surface area contributed by atoms with Crippen molar-refractivity contribution in [1.82, 2.24) is 24.3 Å². The lowest BCUT2D eigenvalue weighted by molar-refractivity contribution is 0.0738. The van der Waals surface area contributed by atoms with Gasteiger partial charge in [-0.15, -0.1) is 6.58 Å². The number of pyridine rings is 1. The summed E-state index contributed by atoms with van der Waals surface area (Å²) in [6.07, 6.45) is 4.09. The lowest BCUT2D eigenvalue weighted by Crippen LogP contribution is -2.36. The summed E-state index contributed by atoms with van der Waals surface area (Å²) in [5.74, 6) is 2.11. The SMILES string of the molecule is C=CCn1c(=O)c2cnc(Nc3ccc4c(c3)OC(=C)[C@@H]3CC(OC)CN43)nc2n1-c1cccc(C(C)(C)O)n1. The van der Waals surface area contributed by atoms with Crippen LogP contribution >= 0.6 is 0 Å². The average Bonchev–Trinajstić information content (AvgIpc) is 3.48. The standard InChI is InChI=1S/C29H31N7O4/c1-6-12-35-27(37)20-15-30-28(33-26(20)36(35)25-9-7-8-24(32-25)29(3,4)38)31-18-10-11-21-23(13-18)40-17(2)22-14-19(39-5)16-34(21)22/h6-11,13,15,19,22,38H,1-2,12,14,16H2,3-5H3,(H,30,31,33)/t19?,22-/m0/s1. The van der Waals surface area contributed by atoms with Crippen molar-refractivity contribution in [2.75, 3.05) is 23.9 Å². The third-order valence-corrected chi connectivity index (χ3v) is 7.29. The molecule has 5 heterocycles. The molecular weight excluding hydrogens is 510 g/mol. The van der Waals surface area contributed by atoms with Gasteiger partial charge in [0.05, 0.1) is 30.1 Å². The molecule has 1 saturated heterocycles. The number of aliphatic hydroxyl groups is 1. The fraction of sp³-hybridized carbons (Fsp3) is 0.310. The Bertz CT molecular complexity index is 1700. The van der Waals surface area contributed by atoms with Crippen LogP contribution in [-0.4, -0.2) is 55.2 Å². The lowest BCUT2D eigenvalue weighted by Gasteiger charge is -2.34. The highest BCUT2D eigenvalue weighted by atomic mass is 16.5. The first kappa shape index (κ1) is 25.8. The van der Waals surface area contributed by atoms with Crippen LogP contribution in [0.4, 0.5) is 17.3 Å². The molecule has 11 nitrogen and oxygen atoms in total. The quantitative estimate of drug-likeness (QED) is 0.338. The van der Waals surface area contributed by atoms with Crippen LogP contribution in [0.1, 0.15) is 26.0 Å². The molecule has 0 radical (unpaired) electrons. The van der Waals surface area contributed by atoms with Gasteiger partial charge in [0, 0.05) is 38.0 Å². The maximum atomic E-state index is 13.3. The number of rotatable bonds is 7. The second kappa shape index (κ2) is 9.61. The van der Waals surface area contributed by atoms with Gasteiger partial charge in [-0.2, -0.15) is 4.98 Å². The largest absolute Gasteiger partial charge is 0.458 e. The molecule has 2 N–H and O–H groups in total. The Morgan fingerprint density at radius 2 is 2.10 bits per heavy atom. The van der Waals surface area contributed by atoms with Crippen molar-refractivity contribution in [2.45, 2.75) is 44.6 Å². The molecule has 11 heteroatoms. The van der Waals surface area contributed by atoms with Crippen molar-refractivity contribution < 1.29 is 14.6 Å². The molecule has 2 aliphatic heterocycles. The number of fused-ring (bicyclic) bond motifs is 4. The molecule has 40 heavy (non-hydrogen) atoms. The molecule has 3 aromatic heterocycles. The van der Waals surface area contributed by atoms with Crippen molar-refractivity contribution >= 4 is 28.4 Å². The summed E-state index contributed by atoms with van der Waals surface area (Å²) in [7, 11) is 1.72. The summed E-state index contributed by atoms with van der Waals surface area (Å²) in [4.78, 5) is 29.3. The van der Waals surface area contributed by atoms with Crippen LogP contribution in [0.2, 0.25) is 0 Å². The second-order valence-electron chi connectivity index (χ2n) is 10.5. The van der Waals surface area contributed by atoms with Gasteiger partial charge in [-0.1, -0.05) is 18.7 Å². The molecule has 2 aliphatic rings. The van der Waals surface area contributed by atoms with Crippen molar-refractivity contribution in [3.05, 3.63) is 83.6 Å². The van der Waals surface area contributed by atoms with E-state index in [4.69, 9.17) is 14.5 Å². The van der Waals surface area contributed by atoms with Gasteiger partial charge in [-0.25, -0.2) is 19.3 Å². The molecule has 0 bridgehead atoms. The minimum Gasteiger partial charge on any atom is -0.458 e. The van der Waals surface area contributed by atoms with Crippen molar-refractivity contribution in [3.63, 3.8) is 0 Å². The summed E-state index contributed by atoms with van der Waals surface area (Å²) in [5, 5.41) is 14.1. The Balaban J connectivity index is 1.39. The monoisotopic (exact) mass is 541 g/mol. The number of hydrogen-bond acceptors (Lipinski definition) is 9. The van der Waals surface area contributed by atoms with Gasteiger partial charge in [-0.05, 0) is 38.1 Å². The summed E-state index contributed by atoms with van der Waals surface area (Å²) in [6.45, 7) is 12.2. The first-order chi connectivity index (χ1) is 19.2. The lowest BCUT2D eigenvalue weighted by atomic mass is 10.1. The van der Waals surface area contributed by atoms with Crippen LogP contribution in [0.15, 0.2) is 72.4 Å². The minimum absolute atomic E-state index is 0.0851. The molecule has 1 aromatic carbocycles. The molecule has 0 saturated carbocycles. The number of methoxy groups -OCH3 is 1. The van der Waals surface area contributed by atoms with Gasteiger partial charge in [-0.3, -0.25) is 4.79 Å². The zero-order chi connectivity index (χ0) is 28.2. The minimum atomic E-state index is -1.16. The molecule has 2 atom stereocenters. The smallest absolute Gasteiger partial charge is 0.278 e. The topological polar surface area (TPSA) is 120 Å². The Morgan fingerprint density at radius 3 is 2.85 bits per heavy atom. The van der Waals surface area contributed by atoms with Gasteiger partial charge in [0.2, 0.25) is 5.95 Å². The normalized spacial score (nSPS) is 18.4. The van der Waals surface area contributed by atoms with Crippen LogP contribution in [0.3, 0.4) is 0 Å². The molecule has 0 spiro atoms. The number of anilines is 3. The second-order valence-corrected chi connectivity index (χ2v) is 10.5. The summed E-state index contributed by atoms with van der Waals surface area (Å²) in [5.41, 5.74) is 1.10. The molecule has 0 amide bonds. The highest BCUT2D eigenvalue weighted by molar-refractivity contribution is 5.77. The van der Waals surface area contributed by atoms with Crippen molar-refractivity contribution in [2.24, 2.45) is 0 Å². The zero-order valence-electron chi connectivity index (χ0n) is 22.7. The molecule has 1 unspecified atom stereocenters. The van der Waals surface area contributed by atoms with Gasteiger partial charge < -0.3 is 24.8 Å². The summed E-state index contributed by atoms with van der Waals surface area (Å²) in [6, 6.07) is 11.2. The number of nitrogens with zero attached hydrogens (tertiary/aromatic N) is 6. The van der Waals surface area contributed by atoms with Gasteiger partial charge in [0.25, 0.3) is 5.56 Å². The van der Waals surface area contributed by atoms with E-state index in [1.807, 2.05) is 18.2 Å².